The maximum absolute atomic E-state index is 5.96. The molecule has 23 heavy (non-hydrogen) atoms. The summed E-state index contributed by atoms with van der Waals surface area (Å²) in [6.45, 7) is 6.03. The number of morpholine rings is 1. The van der Waals surface area contributed by atoms with Gasteiger partial charge in [0.05, 0.1) is 18.2 Å². The van der Waals surface area contributed by atoms with E-state index in [4.69, 9.17) is 9.72 Å². The maximum atomic E-state index is 5.96. The van der Waals surface area contributed by atoms with Crippen LogP contribution in [0.5, 0.6) is 0 Å². The van der Waals surface area contributed by atoms with Gasteiger partial charge in [-0.15, -0.1) is 0 Å². The second-order valence-electron chi connectivity index (χ2n) is 6.63. The van der Waals surface area contributed by atoms with E-state index in [1.807, 2.05) is 0 Å². The average Bonchev–Trinajstić information content (AvgIpc) is 3.45. The van der Waals surface area contributed by atoms with Gasteiger partial charge in [0.1, 0.15) is 0 Å². The second kappa shape index (κ2) is 6.46. The quantitative estimate of drug-likeness (QED) is 0.921. The van der Waals surface area contributed by atoms with Gasteiger partial charge in [-0.1, -0.05) is 25.1 Å². The van der Waals surface area contributed by atoms with Crippen molar-refractivity contribution in [2.45, 2.75) is 38.3 Å². The third-order valence-corrected chi connectivity index (χ3v) is 4.89. The molecule has 1 unspecified atom stereocenters. The van der Waals surface area contributed by atoms with Gasteiger partial charge < -0.3 is 10.1 Å². The first-order valence-electron chi connectivity index (χ1n) is 8.81. The van der Waals surface area contributed by atoms with Gasteiger partial charge in [0.25, 0.3) is 0 Å². The minimum absolute atomic E-state index is 0.279. The Morgan fingerprint density at radius 1 is 1.30 bits per heavy atom. The highest BCUT2D eigenvalue weighted by Gasteiger charge is 2.32. The van der Waals surface area contributed by atoms with Crippen molar-refractivity contribution in [3.63, 3.8) is 0 Å². The number of aryl methyl sites for hydroxylation is 1. The van der Waals surface area contributed by atoms with Crippen LogP contribution >= 0.6 is 0 Å². The lowest BCUT2D eigenvalue weighted by atomic mass is 10.1. The molecule has 1 aliphatic carbocycles. The standard InChI is InChI=1S/C19H25N3O/c1-2-14-11-19(17-5-3-4-6-18(17)21-14)20-12-16-13-22(9-10-23-16)15-7-8-15/h3-6,11,15-16H,2,7-10,12-13H2,1H3,(H,20,21). The number of aromatic nitrogens is 1. The Balaban J connectivity index is 1.48. The summed E-state index contributed by atoms with van der Waals surface area (Å²) in [6, 6.07) is 11.4. The lowest BCUT2D eigenvalue weighted by molar-refractivity contribution is -0.0241. The predicted molar refractivity (Wildman–Crippen MR) is 93.9 cm³/mol. The van der Waals surface area contributed by atoms with Gasteiger partial charge in [0.2, 0.25) is 0 Å². The Bertz CT molecular complexity index is 683. The first kappa shape index (κ1) is 14.9. The van der Waals surface area contributed by atoms with Gasteiger partial charge in [-0.05, 0) is 31.4 Å². The van der Waals surface area contributed by atoms with Crippen molar-refractivity contribution in [3.05, 3.63) is 36.0 Å². The van der Waals surface area contributed by atoms with Gasteiger partial charge in [0.15, 0.2) is 0 Å². The summed E-state index contributed by atoms with van der Waals surface area (Å²) in [4.78, 5) is 7.31. The van der Waals surface area contributed by atoms with Crippen molar-refractivity contribution in [1.29, 1.82) is 0 Å². The number of para-hydroxylation sites is 1. The van der Waals surface area contributed by atoms with Crippen LogP contribution < -0.4 is 5.32 Å². The van der Waals surface area contributed by atoms with Crippen LogP contribution in [-0.4, -0.2) is 48.3 Å². The molecule has 1 atom stereocenters. The zero-order valence-corrected chi connectivity index (χ0v) is 13.8. The number of ether oxygens (including phenoxy) is 1. The second-order valence-corrected chi connectivity index (χ2v) is 6.63. The summed E-state index contributed by atoms with van der Waals surface area (Å²) in [7, 11) is 0. The Labute approximate surface area is 137 Å². The first-order chi connectivity index (χ1) is 11.3. The van der Waals surface area contributed by atoms with Crippen LogP contribution in [0, 0.1) is 0 Å². The highest BCUT2D eigenvalue weighted by atomic mass is 16.5. The van der Waals surface area contributed by atoms with Crippen LogP contribution in [-0.2, 0) is 11.2 Å². The third-order valence-electron chi connectivity index (χ3n) is 4.89. The van der Waals surface area contributed by atoms with Gasteiger partial charge >= 0.3 is 0 Å². The van der Waals surface area contributed by atoms with E-state index in [2.05, 4.69) is 47.5 Å². The lowest BCUT2D eigenvalue weighted by Crippen LogP contribution is -2.46. The smallest absolute Gasteiger partial charge is 0.0874 e. The number of nitrogens with zero attached hydrogens (tertiary/aromatic N) is 2. The summed E-state index contributed by atoms with van der Waals surface area (Å²) in [6.07, 6.45) is 3.97. The van der Waals surface area contributed by atoms with Gasteiger partial charge in [0, 0.05) is 42.4 Å². The molecular weight excluding hydrogens is 286 g/mol. The maximum Gasteiger partial charge on any atom is 0.0874 e. The number of fused-ring (bicyclic) bond motifs is 1. The molecule has 4 nitrogen and oxygen atoms in total. The van der Waals surface area contributed by atoms with Gasteiger partial charge in [-0.3, -0.25) is 9.88 Å². The lowest BCUT2D eigenvalue weighted by Gasteiger charge is -2.33. The van der Waals surface area contributed by atoms with E-state index in [9.17, 15) is 0 Å². The Hall–Kier alpha value is -1.65. The van der Waals surface area contributed by atoms with Crippen LogP contribution in [0.15, 0.2) is 30.3 Å². The molecule has 1 aromatic heterocycles. The zero-order chi connectivity index (χ0) is 15.6. The van der Waals surface area contributed by atoms with Crippen molar-refractivity contribution in [2.24, 2.45) is 0 Å². The molecular formula is C19H25N3O. The SMILES string of the molecule is CCc1cc(NCC2CN(C3CC3)CCO2)c2ccccc2n1. The summed E-state index contributed by atoms with van der Waals surface area (Å²) in [5.41, 5.74) is 3.38. The van der Waals surface area contributed by atoms with Crippen molar-refractivity contribution >= 4 is 16.6 Å². The van der Waals surface area contributed by atoms with E-state index in [1.165, 1.54) is 23.9 Å². The molecule has 2 heterocycles. The number of nitrogens with one attached hydrogen (secondary N) is 1. The molecule has 1 aromatic carbocycles. The summed E-state index contributed by atoms with van der Waals surface area (Å²) >= 11 is 0. The van der Waals surface area contributed by atoms with Crippen LogP contribution in [0.1, 0.15) is 25.5 Å². The van der Waals surface area contributed by atoms with Crippen molar-refractivity contribution < 1.29 is 4.74 Å². The van der Waals surface area contributed by atoms with E-state index < -0.39 is 0 Å². The highest BCUT2D eigenvalue weighted by Crippen LogP contribution is 2.28. The fourth-order valence-electron chi connectivity index (χ4n) is 3.42. The molecule has 1 saturated carbocycles. The normalized spacial score (nSPS) is 22.4. The average molecular weight is 311 g/mol. The number of rotatable bonds is 5. The summed E-state index contributed by atoms with van der Waals surface area (Å²) < 4.78 is 5.96. The van der Waals surface area contributed by atoms with Crippen molar-refractivity contribution in [1.82, 2.24) is 9.88 Å². The highest BCUT2D eigenvalue weighted by molar-refractivity contribution is 5.91. The van der Waals surface area contributed by atoms with E-state index in [0.717, 1.165) is 49.9 Å². The summed E-state index contributed by atoms with van der Waals surface area (Å²) in [5, 5.41) is 4.81. The Kier molecular flexibility index (Phi) is 4.19. The number of pyridine rings is 1. The fraction of sp³-hybridized carbons (Fsp3) is 0.526. The predicted octanol–water partition coefficient (Wildman–Crippen LogP) is 3.07. The molecule has 4 heteroatoms. The number of anilines is 1. The van der Waals surface area contributed by atoms with E-state index in [1.54, 1.807) is 0 Å². The molecule has 1 aliphatic heterocycles. The van der Waals surface area contributed by atoms with Gasteiger partial charge in [-0.2, -0.15) is 0 Å². The van der Waals surface area contributed by atoms with Crippen molar-refractivity contribution in [3.8, 4) is 0 Å². The molecule has 2 aliphatic rings. The van der Waals surface area contributed by atoms with Crippen LogP contribution in [0.25, 0.3) is 10.9 Å². The van der Waals surface area contributed by atoms with Crippen LogP contribution in [0.3, 0.4) is 0 Å². The van der Waals surface area contributed by atoms with E-state index in [-0.39, 0.29) is 6.10 Å². The van der Waals surface area contributed by atoms with Crippen LogP contribution in [0.4, 0.5) is 5.69 Å². The van der Waals surface area contributed by atoms with E-state index in [0.29, 0.717) is 0 Å². The number of benzene rings is 1. The minimum Gasteiger partial charge on any atom is -0.382 e. The third kappa shape index (κ3) is 3.33. The summed E-state index contributed by atoms with van der Waals surface area (Å²) in [5.74, 6) is 0. The molecule has 2 fully saturated rings. The number of hydrogen-bond acceptors (Lipinski definition) is 4. The van der Waals surface area contributed by atoms with Crippen molar-refractivity contribution in [2.75, 3.05) is 31.6 Å². The largest absolute Gasteiger partial charge is 0.382 e. The van der Waals surface area contributed by atoms with E-state index >= 15 is 0 Å². The minimum atomic E-state index is 0.279. The topological polar surface area (TPSA) is 37.4 Å². The molecule has 4 rings (SSSR count). The molecule has 0 spiro atoms. The Morgan fingerprint density at radius 2 is 2.17 bits per heavy atom. The fourth-order valence-corrected chi connectivity index (χ4v) is 3.42. The van der Waals surface area contributed by atoms with Crippen LogP contribution in [0.2, 0.25) is 0 Å². The molecule has 1 N–H and O–H groups in total. The number of hydrogen-bond donors (Lipinski definition) is 1. The molecule has 0 amide bonds. The molecule has 1 saturated heterocycles. The molecule has 0 radical (unpaired) electrons. The molecule has 122 valence electrons. The molecule has 2 aromatic rings. The monoisotopic (exact) mass is 311 g/mol. The van der Waals surface area contributed by atoms with Gasteiger partial charge in [-0.25, -0.2) is 0 Å². The first-order valence-corrected chi connectivity index (χ1v) is 8.81. The zero-order valence-electron chi connectivity index (χ0n) is 13.8. The Morgan fingerprint density at radius 3 is 3.00 bits per heavy atom. The molecule has 0 bridgehead atoms.